The quantitative estimate of drug-likeness (QED) is 0.113. The van der Waals surface area contributed by atoms with E-state index >= 15 is 0 Å². The molecular formula is C30H37N7O9S4. The van der Waals surface area contributed by atoms with E-state index in [0.29, 0.717) is 17.1 Å². The van der Waals surface area contributed by atoms with E-state index in [4.69, 9.17) is 15.2 Å². The number of nitrogens with one attached hydrogen (secondary N) is 1. The van der Waals surface area contributed by atoms with Gasteiger partial charge in [0.2, 0.25) is 17.7 Å². The summed E-state index contributed by atoms with van der Waals surface area (Å²) in [6.07, 6.45) is 2.71. The van der Waals surface area contributed by atoms with Gasteiger partial charge in [0.15, 0.2) is 15.9 Å². The fourth-order valence-corrected chi connectivity index (χ4v) is 12.3. The Hall–Kier alpha value is -3.33. The van der Waals surface area contributed by atoms with E-state index in [1.54, 1.807) is 24.3 Å². The fraction of sp³-hybridized carbons (Fsp3) is 0.567. The first-order valence-electron chi connectivity index (χ1n) is 15.8. The van der Waals surface area contributed by atoms with Crippen molar-refractivity contribution in [3.63, 3.8) is 0 Å². The Labute approximate surface area is 300 Å². The van der Waals surface area contributed by atoms with Crippen LogP contribution in [-0.4, -0.2) is 126 Å². The molecule has 0 aliphatic carbocycles. The second-order valence-electron chi connectivity index (χ2n) is 12.9. The molecular weight excluding hydrogens is 731 g/mol. The first kappa shape index (κ1) is 36.5. The van der Waals surface area contributed by atoms with Crippen molar-refractivity contribution in [1.29, 1.82) is 0 Å². The molecule has 270 valence electrons. The number of carbonyl (C=O) groups excluding carboxylic acids is 5. The van der Waals surface area contributed by atoms with Gasteiger partial charge in [-0.1, -0.05) is 57.1 Å². The average molecular weight is 768 g/mol. The van der Waals surface area contributed by atoms with Gasteiger partial charge in [-0.25, -0.2) is 18.0 Å². The molecule has 0 spiro atoms. The van der Waals surface area contributed by atoms with Crippen LogP contribution in [0.3, 0.4) is 0 Å². The summed E-state index contributed by atoms with van der Waals surface area (Å²) in [6, 6.07) is 4.97. The number of esters is 2. The van der Waals surface area contributed by atoms with Crippen molar-refractivity contribution in [2.75, 3.05) is 24.7 Å². The van der Waals surface area contributed by atoms with Gasteiger partial charge in [-0.3, -0.25) is 19.1 Å². The molecule has 2 unspecified atom stereocenters. The van der Waals surface area contributed by atoms with E-state index in [1.165, 1.54) is 62.2 Å². The topological polar surface area (TPSA) is 213 Å². The third kappa shape index (κ3) is 6.37. The molecule has 50 heavy (non-hydrogen) atoms. The van der Waals surface area contributed by atoms with Gasteiger partial charge in [-0.15, -0.1) is 16.9 Å². The first-order valence-corrected chi connectivity index (χ1v) is 20.7. The number of nitrogens with zero attached hydrogens (tertiary/aromatic N) is 5. The Morgan fingerprint density at radius 1 is 1.04 bits per heavy atom. The zero-order chi connectivity index (χ0) is 36.0. The summed E-state index contributed by atoms with van der Waals surface area (Å²) in [4.78, 5) is 67.1. The number of hydrogen-bond acceptors (Lipinski definition) is 15. The van der Waals surface area contributed by atoms with Crippen molar-refractivity contribution in [2.45, 2.75) is 78.1 Å². The molecule has 2 aromatic rings. The van der Waals surface area contributed by atoms with E-state index in [-0.39, 0.29) is 32.1 Å². The van der Waals surface area contributed by atoms with E-state index in [9.17, 15) is 32.4 Å². The Kier molecular flexibility index (Phi) is 10.2. The van der Waals surface area contributed by atoms with E-state index in [2.05, 4.69) is 15.6 Å². The number of hydrogen-bond donors (Lipinski definition) is 2. The molecule has 0 saturated carbocycles. The maximum atomic E-state index is 13.3. The Bertz CT molecular complexity index is 1760. The maximum absolute atomic E-state index is 13.3. The van der Waals surface area contributed by atoms with Crippen LogP contribution in [0.1, 0.15) is 38.8 Å². The lowest BCUT2D eigenvalue weighted by Crippen LogP contribution is -2.71. The number of carbonyl (C=O) groups is 5. The Morgan fingerprint density at radius 2 is 1.68 bits per heavy atom. The molecule has 7 atom stereocenters. The maximum Gasteiger partial charge on any atom is 0.330 e. The highest BCUT2D eigenvalue weighted by molar-refractivity contribution is 8.76. The minimum atomic E-state index is -3.90. The number of thioether (sulfide) groups is 1. The van der Waals surface area contributed by atoms with Crippen LogP contribution < -0.4 is 11.1 Å². The lowest BCUT2D eigenvalue weighted by molar-refractivity contribution is -0.164. The van der Waals surface area contributed by atoms with Gasteiger partial charge < -0.3 is 30.3 Å². The lowest BCUT2D eigenvalue weighted by Gasteiger charge is -2.44. The van der Waals surface area contributed by atoms with Crippen molar-refractivity contribution in [1.82, 2.24) is 30.1 Å². The molecule has 4 aliphatic rings. The van der Waals surface area contributed by atoms with Gasteiger partial charge in [-0.05, 0) is 26.3 Å². The molecule has 3 amide bonds. The zero-order valence-corrected chi connectivity index (χ0v) is 30.6. The summed E-state index contributed by atoms with van der Waals surface area (Å²) < 4.78 is 36.7. The number of benzene rings is 1. The third-order valence-electron chi connectivity index (χ3n) is 9.29. The standard InChI is InChI=1S/C30H37N7O9S4/c1-29(2)22(37-25(40)21(26(37)49-29)33-24(39)20(31)17-7-5-4-6-8-17)27(41)45-11-13-47-48-14-12-46-28(42)23-30(3,16-35-10-9-32-34-35)50(43,44)19-15-18(38)36(19)23/h4-10,19-23,26H,11-16,31H2,1-3H3,(H,33,39)/t19-,20?,21+,22?,23+,26+,30-/m0/s1. The van der Waals surface area contributed by atoms with Gasteiger partial charge in [0.05, 0.1) is 19.2 Å². The van der Waals surface area contributed by atoms with Gasteiger partial charge in [0.1, 0.15) is 46.8 Å². The highest BCUT2D eigenvalue weighted by Gasteiger charge is 2.70. The monoisotopic (exact) mass is 767 g/mol. The predicted octanol–water partition coefficient (Wildman–Crippen LogP) is 0.107. The number of β-lactam (4-membered cyclic amide) rings is 2. The molecule has 5 heterocycles. The van der Waals surface area contributed by atoms with Crippen molar-refractivity contribution in [3.05, 3.63) is 48.3 Å². The van der Waals surface area contributed by atoms with Crippen molar-refractivity contribution in [3.8, 4) is 0 Å². The van der Waals surface area contributed by atoms with Crippen molar-refractivity contribution >= 4 is 72.8 Å². The van der Waals surface area contributed by atoms with E-state index < -0.39 is 78.0 Å². The highest BCUT2D eigenvalue weighted by Crippen LogP contribution is 2.51. The van der Waals surface area contributed by atoms with E-state index in [0.717, 1.165) is 4.90 Å². The van der Waals surface area contributed by atoms with Crippen LogP contribution in [0.15, 0.2) is 42.7 Å². The number of ether oxygens (including phenoxy) is 2. The molecule has 0 bridgehead atoms. The van der Waals surface area contributed by atoms with Gasteiger partial charge in [0.25, 0.3) is 0 Å². The predicted molar refractivity (Wildman–Crippen MR) is 185 cm³/mol. The molecule has 4 fully saturated rings. The molecule has 16 nitrogen and oxygen atoms in total. The normalized spacial score (nSPS) is 29.3. The number of amides is 3. The molecule has 4 saturated heterocycles. The summed E-state index contributed by atoms with van der Waals surface area (Å²) in [5, 5.41) is 8.78. The molecule has 4 aliphatic heterocycles. The van der Waals surface area contributed by atoms with Crippen LogP contribution in [0, 0.1) is 0 Å². The lowest BCUT2D eigenvalue weighted by atomic mass is 9.95. The van der Waals surface area contributed by atoms with Crippen molar-refractivity contribution < 1.29 is 41.9 Å². The van der Waals surface area contributed by atoms with Gasteiger partial charge in [0, 0.05) is 22.4 Å². The second-order valence-corrected chi connectivity index (χ2v) is 20.0. The Balaban J connectivity index is 0.924. The summed E-state index contributed by atoms with van der Waals surface area (Å²) in [5.41, 5.74) is 6.72. The summed E-state index contributed by atoms with van der Waals surface area (Å²) in [7, 11) is -1.15. The van der Waals surface area contributed by atoms with Crippen LogP contribution >= 0.6 is 33.3 Å². The van der Waals surface area contributed by atoms with E-state index in [1.807, 2.05) is 19.9 Å². The molecule has 0 radical (unpaired) electrons. The average Bonchev–Trinajstić information content (AvgIpc) is 3.71. The van der Waals surface area contributed by atoms with Gasteiger partial charge >= 0.3 is 11.9 Å². The van der Waals surface area contributed by atoms with Crippen LogP contribution in [0.4, 0.5) is 0 Å². The minimum Gasteiger partial charge on any atom is -0.463 e. The highest BCUT2D eigenvalue weighted by atomic mass is 33.1. The second kappa shape index (κ2) is 14.0. The molecule has 3 N–H and O–H groups in total. The van der Waals surface area contributed by atoms with Gasteiger partial charge in [-0.2, -0.15) is 0 Å². The largest absolute Gasteiger partial charge is 0.463 e. The number of fused-ring (bicyclic) bond motifs is 2. The zero-order valence-electron chi connectivity index (χ0n) is 27.4. The number of aromatic nitrogens is 3. The molecule has 1 aromatic carbocycles. The fourth-order valence-electron chi connectivity index (χ4n) is 6.72. The number of nitrogens with two attached hydrogens (primary N) is 1. The van der Waals surface area contributed by atoms with Crippen LogP contribution in [-0.2, 0) is 49.8 Å². The van der Waals surface area contributed by atoms with Crippen molar-refractivity contribution in [2.24, 2.45) is 5.73 Å². The summed E-state index contributed by atoms with van der Waals surface area (Å²) in [5.74, 6) is -1.84. The summed E-state index contributed by atoms with van der Waals surface area (Å²) in [6.45, 7) is 5.01. The van der Waals surface area contributed by atoms with Crippen LogP contribution in [0.5, 0.6) is 0 Å². The minimum absolute atomic E-state index is 0.0289. The number of rotatable bonds is 14. The third-order valence-corrected chi connectivity index (χ3v) is 16.0. The first-order chi connectivity index (χ1) is 23.7. The van der Waals surface area contributed by atoms with Crippen LogP contribution in [0.2, 0.25) is 0 Å². The Morgan fingerprint density at radius 3 is 2.28 bits per heavy atom. The molecule has 1 aromatic heterocycles. The van der Waals surface area contributed by atoms with Crippen LogP contribution in [0.25, 0.3) is 0 Å². The SMILES string of the molecule is CC1(C)S[C@@H]2[C@H](NC(=O)C(N)c3ccccc3)C(=O)N2C1C(=O)OCCSSCCOC(=O)[C@H]1N2C(=O)C[C@@H]2S(=O)(=O)[C@@]1(C)Cn1ccnn1. The molecule has 20 heteroatoms. The summed E-state index contributed by atoms with van der Waals surface area (Å²) >= 11 is 1.42. The smallest absolute Gasteiger partial charge is 0.330 e. The number of sulfone groups is 1. The molecule has 6 rings (SSSR count).